The first-order valence-corrected chi connectivity index (χ1v) is 6.39. The second-order valence-corrected chi connectivity index (χ2v) is 4.92. The maximum atomic E-state index is 5.59. The van der Waals surface area contributed by atoms with Crippen LogP contribution in [0.5, 0.6) is 0 Å². The molecule has 0 aliphatic rings. The third kappa shape index (κ3) is 3.80. The van der Waals surface area contributed by atoms with Gasteiger partial charge >= 0.3 is 0 Å². The predicted octanol–water partition coefficient (Wildman–Crippen LogP) is 1.79. The van der Waals surface area contributed by atoms with Crippen LogP contribution in [0.4, 0.5) is 5.13 Å². The van der Waals surface area contributed by atoms with E-state index in [1.165, 1.54) is 16.9 Å². The Bertz CT molecular complexity index is 455. The van der Waals surface area contributed by atoms with Gasteiger partial charge in [0, 0.05) is 37.3 Å². The van der Waals surface area contributed by atoms with Crippen molar-refractivity contribution in [2.24, 2.45) is 0 Å². The van der Waals surface area contributed by atoms with Crippen LogP contribution in [0.3, 0.4) is 0 Å². The van der Waals surface area contributed by atoms with Crippen LogP contribution in [0.15, 0.2) is 29.9 Å². The van der Waals surface area contributed by atoms with Gasteiger partial charge in [-0.1, -0.05) is 6.07 Å². The van der Waals surface area contributed by atoms with Gasteiger partial charge in [-0.05, 0) is 18.7 Å². The van der Waals surface area contributed by atoms with Crippen molar-refractivity contribution in [3.8, 4) is 0 Å². The quantitative estimate of drug-likeness (QED) is 0.876. The van der Waals surface area contributed by atoms with Gasteiger partial charge in [0.2, 0.25) is 0 Å². The molecule has 17 heavy (non-hydrogen) atoms. The van der Waals surface area contributed by atoms with E-state index in [4.69, 9.17) is 5.73 Å². The van der Waals surface area contributed by atoms with E-state index in [9.17, 15) is 0 Å². The minimum atomic E-state index is 0.648. The molecular weight excluding hydrogens is 232 g/mol. The normalized spacial score (nSPS) is 10.9. The number of nitrogens with two attached hydrogens (primary N) is 1. The highest BCUT2D eigenvalue weighted by atomic mass is 32.1. The van der Waals surface area contributed by atoms with Crippen molar-refractivity contribution < 1.29 is 0 Å². The summed E-state index contributed by atoms with van der Waals surface area (Å²) in [6.45, 7) is 1.88. The SMILES string of the molecule is CN(CCc1csc(N)n1)Cc1cccnc1. The van der Waals surface area contributed by atoms with Crippen molar-refractivity contribution >= 4 is 16.5 Å². The van der Waals surface area contributed by atoms with Crippen molar-refractivity contribution in [3.05, 3.63) is 41.2 Å². The van der Waals surface area contributed by atoms with Gasteiger partial charge in [-0.15, -0.1) is 11.3 Å². The topological polar surface area (TPSA) is 55.0 Å². The molecule has 0 saturated heterocycles. The Kier molecular flexibility index (Phi) is 4.06. The van der Waals surface area contributed by atoms with Crippen molar-refractivity contribution in [1.82, 2.24) is 14.9 Å². The number of nitrogen functional groups attached to an aromatic ring is 1. The molecule has 2 aromatic rings. The van der Waals surface area contributed by atoms with Gasteiger partial charge in [0.15, 0.2) is 5.13 Å². The maximum absolute atomic E-state index is 5.59. The summed E-state index contributed by atoms with van der Waals surface area (Å²) < 4.78 is 0. The second kappa shape index (κ2) is 5.75. The summed E-state index contributed by atoms with van der Waals surface area (Å²) in [6.07, 6.45) is 4.63. The fourth-order valence-corrected chi connectivity index (χ4v) is 2.22. The molecule has 4 nitrogen and oxygen atoms in total. The number of nitrogens with zero attached hydrogens (tertiary/aromatic N) is 3. The van der Waals surface area contributed by atoms with Crippen molar-refractivity contribution in [3.63, 3.8) is 0 Å². The molecule has 0 spiro atoms. The van der Waals surface area contributed by atoms with Crippen LogP contribution in [0.25, 0.3) is 0 Å². The standard InChI is InChI=1S/C12H16N4S/c1-16(8-10-3-2-5-14-7-10)6-4-11-9-17-12(13)15-11/h2-3,5,7,9H,4,6,8H2,1H3,(H2,13,15). The van der Waals surface area contributed by atoms with Gasteiger partial charge in [-0.25, -0.2) is 4.98 Å². The average Bonchev–Trinajstić information content (AvgIpc) is 2.74. The van der Waals surface area contributed by atoms with E-state index < -0.39 is 0 Å². The third-order valence-corrected chi connectivity index (χ3v) is 3.22. The van der Waals surface area contributed by atoms with Crippen molar-refractivity contribution in [1.29, 1.82) is 0 Å². The summed E-state index contributed by atoms with van der Waals surface area (Å²) >= 11 is 1.50. The molecule has 0 radical (unpaired) electrons. The van der Waals surface area contributed by atoms with E-state index in [-0.39, 0.29) is 0 Å². The van der Waals surface area contributed by atoms with Gasteiger partial charge in [-0.2, -0.15) is 0 Å². The molecule has 0 saturated carbocycles. The summed E-state index contributed by atoms with van der Waals surface area (Å²) in [5, 5.41) is 2.67. The molecule has 0 amide bonds. The molecule has 0 aromatic carbocycles. The molecule has 2 rings (SSSR count). The van der Waals surface area contributed by atoms with Crippen LogP contribution in [-0.2, 0) is 13.0 Å². The van der Waals surface area contributed by atoms with E-state index >= 15 is 0 Å². The van der Waals surface area contributed by atoms with E-state index in [0.717, 1.165) is 25.2 Å². The Balaban J connectivity index is 1.80. The summed E-state index contributed by atoms with van der Waals surface area (Å²) in [5.41, 5.74) is 7.90. The first kappa shape index (κ1) is 12.0. The molecule has 0 atom stereocenters. The van der Waals surface area contributed by atoms with Crippen LogP contribution >= 0.6 is 11.3 Å². The maximum Gasteiger partial charge on any atom is 0.180 e. The molecule has 0 aliphatic carbocycles. The molecule has 2 N–H and O–H groups in total. The van der Waals surface area contributed by atoms with Crippen LogP contribution in [0.1, 0.15) is 11.3 Å². The van der Waals surface area contributed by atoms with Crippen LogP contribution < -0.4 is 5.73 Å². The highest BCUT2D eigenvalue weighted by Gasteiger charge is 2.03. The molecule has 5 heteroatoms. The monoisotopic (exact) mass is 248 g/mol. The Morgan fingerprint density at radius 3 is 3.00 bits per heavy atom. The van der Waals surface area contributed by atoms with Crippen LogP contribution in [0, 0.1) is 0 Å². The number of hydrogen-bond donors (Lipinski definition) is 1. The Morgan fingerprint density at radius 1 is 1.47 bits per heavy atom. The molecular formula is C12H16N4S. The Labute approximate surface area is 105 Å². The van der Waals surface area contributed by atoms with E-state index in [1.807, 2.05) is 17.6 Å². The number of anilines is 1. The summed E-state index contributed by atoms with van der Waals surface area (Å²) in [5.74, 6) is 0. The summed E-state index contributed by atoms with van der Waals surface area (Å²) in [4.78, 5) is 10.6. The van der Waals surface area contributed by atoms with Gasteiger partial charge in [0.25, 0.3) is 0 Å². The Hall–Kier alpha value is -1.46. The summed E-state index contributed by atoms with van der Waals surface area (Å²) in [7, 11) is 2.10. The fraction of sp³-hybridized carbons (Fsp3) is 0.333. The zero-order chi connectivity index (χ0) is 12.1. The van der Waals surface area contributed by atoms with Gasteiger partial charge in [-0.3, -0.25) is 4.98 Å². The van der Waals surface area contributed by atoms with Gasteiger partial charge < -0.3 is 10.6 Å². The van der Waals surface area contributed by atoms with Crippen LogP contribution in [-0.4, -0.2) is 28.5 Å². The van der Waals surface area contributed by atoms with E-state index in [1.54, 1.807) is 6.20 Å². The minimum absolute atomic E-state index is 0.648. The minimum Gasteiger partial charge on any atom is -0.375 e. The fourth-order valence-electron chi connectivity index (χ4n) is 1.63. The van der Waals surface area contributed by atoms with Crippen LogP contribution in [0.2, 0.25) is 0 Å². The first-order chi connectivity index (χ1) is 8.24. The van der Waals surface area contributed by atoms with Gasteiger partial charge in [0.1, 0.15) is 0 Å². The van der Waals surface area contributed by atoms with Gasteiger partial charge in [0.05, 0.1) is 5.69 Å². The van der Waals surface area contributed by atoms with Crippen molar-refractivity contribution in [2.45, 2.75) is 13.0 Å². The number of aromatic nitrogens is 2. The van der Waals surface area contributed by atoms with E-state index in [0.29, 0.717) is 5.13 Å². The lowest BCUT2D eigenvalue weighted by Crippen LogP contribution is -2.20. The second-order valence-electron chi connectivity index (χ2n) is 4.03. The lowest BCUT2D eigenvalue weighted by Gasteiger charge is -2.15. The number of likely N-dealkylation sites (N-methyl/N-ethyl adjacent to an activating group) is 1. The first-order valence-electron chi connectivity index (χ1n) is 5.51. The molecule has 0 bridgehead atoms. The zero-order valence-corrected chi connectivity index (χ0v) is 10.7. The lowest BCUT2D eigenvalue weighted by atomic mass is 10.2. The largest absolute Gasteiger partial charge is 0.375 e. The average molecular weight is 248 g/mol. The predicted molar refractivity (Wildman–Crippen MR) is 70.8 cm³/mol. The molecule has 0 aliphatic heterocycles. The molecule has 2 aromatic heterocycles. The summed E-state index contributed by atoms with van der Waals surface area (Å²) in [6, 6.07) is 4.05. The third-order valence-electron chi connectivity index (χ3n) is 2.49. The highest BCUT2D eigenvalue weighted by molar-refractivity contribution is 7.13. The number of thiazole rings is 1. The van der Waals surface area contributed by atoms with Crippen molar-refractivity contribution in [2.75, 3.05) is 19.3 Å². The number of rotatable bonds is 5. The number of pyridine rings is 1. The smallest absolute Gasteiger partial charge is 0.180 e. The zero-order valence-electron chi connectivity index (χ0n) is 9.84. The molecule has 0 unspecified atom stereocenters. The molecule has 0 fully saturated rings. The lowest BCUT2D eigenvalue weighted by molar-refractivity contribution is 0.330. The number of hydrogen-bond acceptors (Lipinski definition) is 5. The van der Waals surface area contributed by atoms with E-state index in [2.05, 4.69) is 28.0 Å². The molecule has 90 valence electrons. The Morgan fingerprint density at radius 2 is 2.35 bits per heavy atom. The highest BCUT2D eigenvalue weighted by Crippen LogP contribution is 2.12. The molecule has 2 heterocycles.